The lowest BCUT2D eigenvalue weighted by atomic mass is 10.1. The number of fused-ring (bicyclic) bond motifs is 1. The van der Waals surface area contributed by atoms with Crippen molar-refractivity contribution in [2.24, 2.45) is 0 Å². The summed E-state index contributed by atoms with van der Waals surface area (Å²) in [6.07, 6.45) is 6.93. The largest absolute Gasteiger partial charge is 0.350 e. The Balaban J connectivity index is 1.51. The summed E-state index contributed by atoms with van der Waals surface area (Å²) in [4.78, 5) is 21.6. The molecule has 1 unspecified atom stereocenters. The smallest absolute Gasteiger partial charge is 0.243 e. The van der Waals surface area contributed by atoms with Crippen LogP contribution in [0.1, 0.15) is 57.0 Å². The maximum atomic E-state index is 13.0. The Kier molecular flexibility index (Phi) is 7.09. The fraction of sp³-hybridized carbons (Fsp3) is 0.458. The number of nitrogens with one attached hydrogen (secondary N) is 1. The summed E-state index contributed by atoms with van der Waals surface area (Å²) in [5.41, 5.74) is 2.56. The number of aromatic nitrogens is 3. The second-order valence-electron chi connectivity index (χ2n) is 8.51. The van der Waals surface area contributed by atoms with E-state index in [1.165, 1.54) is 0 Å². The van der Waals surface area contributed by atoms with Gasteiger partial charge in [-0.25, -0.2) is 13.4 Å². The fourth-order valence-corrected chi connectivity index (χ4v) is 5.87. The number of imidazole rings is 1. The molecule has 1 fully saturated rings. The zero-order chi connectivity index (χ0) is 23.4. The van der Waals surface area contributed by atoms with Crippen LogP contribution < -0.4 is 5.32 Å². The molecule has 9 heteroatoms. The van der Waals surface area contributed by atoms with Crippen molar-refractivity contribution in [3.05, 3.63) is 54.1 Å². The molecule has 1 saturated heterocycles. The first-order valence-corrected chi connectivity index (χ1v) is 13.0. The lowest BCUT2D eigenvalue weighted by Gasteiger charge is -2.15. The average molecular weight is 470 g/mol. The summed E-state index contributed by atoms with van der Waals surface area (Å²) >= 11 is 0. The lowest BCUT2D eigenvalue weighted by molar-refractivity contribution is -0.121. The van der Waals surface area contributed by atoms with Crippen LogP contribution in [0.5, 0.6) is 0 Å². The van der Waals surface area contributed by atoms with Crippen LogP contribution in [0.15, 0.2) is 47.6 Å². The highest BCUT2D eigenvalue weighted by Crippen LogP contribution is 2.26. The van der Waals surface area contributed by atoms with Gasteiger partial charge in [0.2, 0.25) is 15.9 Å². The SMILES string of the molecule is CCCn1c(CCC(=O)NC(C)c2ccncc2)nc2cc(S(=O)(=O)N3CCCC3)ccc21. The van der Waals surface area contributed by atoms with Crippen LogP contribution in [0.25, 0.3) is 11.0 Å². The third-order valence-corrected chi connectivity index (χ3v) is 8.00. The van der Waals surface area contributed by atoms with Gasteiger partial charge in [0.05, 0.1) is 22.0 Å². The first-order chi connectivity index (χ1) is 15.9. The predicted molar refractivity (Wildman–Crippen MR) is 127 cm³/mol. The first-order valence-electron chi connectivity index (χ1n) is 11.6. The summed E-state index contributed by atoms with van der Waals surface area (Å²) in [5, 5.41) is 3.02. The Morgan fingerprint density at radius 2 is 1.88 bits per heavy atom. The quantitative estimate of drug-likeness (QED) is 0.518. The number of carbonyl (C=O) groups excluding carboxylic acids is 1. The number of nitrogens with zero attached hydrogens (tertiary/aromatic N) is 4. The molecule has 1 aliphatic heterocycles. The van der Waals surface area contributed by atoms with Crippen LogP contribution in [-0.2, 0) is 27.8 Å². The van der Waals surface area contributed by atoms with Crippen LogP contribution in [0, 0.1) is 0 Å². The fourth-order valence-electron chi connectivity index (χ4n) is 4.34. The summed E-state index contributed by atoms with van der Waals surface area (Å²) < 4.78 is 29.6. The molecular weight excluding hydrogens is 438 g/mol. The van der Waals surface area contributed by atoms with E-state index in [9.17, 15) is 13.2 Å². The molecule has 0 spiro atoms. The van der Waals surface area contributed by atoms with Gasteiger partial charge in [-0.2, -0.15) is 4.31 Å². The maximum Gasteiger partial charge on any atom is 0.243 e. The molecule has 1 aliphatic rings. The van der Waals surface area contributed by atoms with Gasteiger partial charge in [0.25, 0.3) is 0 Å². The Hall–Kier alpha value is -2.78. The van der Waals surface area contributed by atoms with Crippen molar-refractivity contribution < 1.29 is 13.2 Å². The number of pyridine rings is 1. The highest BCUT2D eigenvalue weighted by molar-refractivity contribution is 7.89. The molecule has 8 nitrogen and oxygen atoms in total. The molecular formula is C24H31N5O3S. The predicted octanol–water partition coefficient (Wildman–Crippen LogP) is 3.44. The normalized spacial score (nSPS) is 15.7. The van der Waals surface area contributed by atoms with Gasteiger partial charge in [-0.05, 0) is 62.1 Å². The van der Waals surface area contributed by atoms with Gasteiger partial charge in [-0.15, -0.1) is 0 Å². The van der Waals surface area contributed by atoms with E-state index in [-0.39, 0.29) is 16.8 Å². The minimum Gasteiger partial charge on any atom is -0.350 e. The van der Waals surface area contributed by atoms with Gasteiger partial charge in [-0.3, -0.25) is 9.78 Å². The van der Waals surface area contributed by atoms with Crippen LogP contribution in [0.2, 0.25) is 0 Å². The van der Waals surface area contributed by atoms with Gasteiger partial charge in [-0.1, -0.05) is 6.92 Å². The van der Waals surface area contributed by atoms with E-state index in [0.717, 1.165) is 42.7 Å². The minimum atomic E-state index is -3.50. The van der Waals surface area contributed by atoms with E-state index in [1.807, 2.05) is 25.1 Å². The molecule has 3 heterocycles. The van der Waals surface area contributed by atoms with Gasteiger partial charge >= 0.3 is 0 Å². The van der Waals surface area contributed by atoms with Crippen molar-refractivity contribution in [1.82, 2.24) is 24.2 Å². The van der Waals surface area contributed by atoms with Crippen molar-refractivity contribution >= 4 is 27.0 Å². The van der Waals surface area contributed by atoms with Crippen molar-refractivity contribution in [3.8, 4) is 0 Å². The molecule has 33 heavy (non-hydrogen) atoms. The number of rotatable bonds is 9. The highest BCUT2D eigenvalue weighted by atomic mass is 32.2. The summed E-state index contributed by atoms with van der Waals surface area (Å²) in [6.45, 7) is 5.94. The number of carbonyl (C=O) groups is 1. The number of hydrogen-bond donors (Lipinski definition) is 1. The van der Waals surface area contributed by atoms with Crippen LogP contribution in [0.3, 0.4) is 0 Å². The Labute approximate surface area is 195 Å². The Bertz CT molecular complexity index is 1220. The van der Waals surface area contributed by atoms with Gasteiger partial charge in [0.15, 0.2) is 0 Å². The summed E-state index contributed by atoms with van der Waals surface area (Å²) in [5.74, 6) is 0.751. The maximum absolute atomic E-state index is 13.0. The molecule has 1 N–H and O–H groups in total. The van der Waals surface area contributed by atoms with Gasteiger partial charge in [0, 0.05) is 44.9 Å². The second-order valence-corrected chi connectivity index (χ2v) is 10.4. The third kappa shape index (κ3) is 5.09. The number of amides is 1. The molecule has 0 radical (unpaired) electrons. The van der Waals surface area contributed by atoms with Crippen LogP contribution >= 0.6 is 0 Å². The average Bonchev–Trinajstić information content (AvgIpc) is 3.47. The topological polar surface area (TPSA) is 97.2 Å². The molecule has 3 aromatic rings. The van der Waals surface area contributed by atoms with E-state index in [4.69, 9.17) is 4.98 Å². The van der Waals surface area contributed by atoms with E-state index in [1.54, 1.807) is 28.8 Å². The highest BCUT2D eigenvalue weighted by Gasteiger charge is 2.28. The molecule has 0 aliphatic carbocycles. The van der Waals surface area contributed by atoms with Crippen molar-refractivity contribution in [1.29, 1.82) is 0 Å². The van der Waals surface area contributed by atoms with Crippen molar-refractivity contribution in [2.75, 3.05) is 13.1 Å². The van der Waals surface area contributed by atoms with Gasteiger partial charge < -0.3 is 9.88 Å². The van der Waals surface area contributed by atoms with E-state index in [0.29, 0.717) is 31.4 Å². The number of hydrogen-bond acceptors (Lipinski definition) is 5. The van der Waals surface area contributed by atoms with Gasteiger partial charge in [0.1, 0.15) is 5.82 Å². The number of sulfonamides is 1. The van der Waals surface area contributed by atoms with Crippen LogP contribution in [-0.4, -0.2) is 46.3 Å². The second kappa shape index (κ2) is 10.0. The Morgan fingerprint density at radius 1 is 1.15 bits per heavy atom. The minimum absolute atomic E-state index is 0.0493. The van der Waals surface area contributed by atoms with Crippen molar-refractivity contribution in [2.45, 2.75) is 63.4 Å². The first kappa shape index (κ1) is 23.4. The molecule has 4 rings (SSSR count). The third-order valence-electron chi connectivity index (χ3n) is 6.11. The Morgan fingerprint density at radius 3 is 2.58 bits per heavy atom. The molecule has 0 saturated carbocycles. The molecule has 0 bridgehead atoms. The molecule has 1 aromatic carbocycles. The monoisotopic (exact) mass is 469 g/mol. The van der Waals surface area contributed by atoms with Crippen LogP contribution in [0.4, 0.5) is 0 Å². The lowest BCUT2D eigenvalue weighted by Crippen LogP contribution is -2.27. The number of benzene rings is 1. The summed E-state index contributed by atoms with van der Waals surface area (Å²) in [6, 6.07) is 8.86. The number of aryl methyl sites for hydroxylation is 2. The standard InChI is InChI=1S/C24H31N5O3S/c1-3-14-29-22-7-6-20(33(31,32)28-15-4-5-16-28)17-21(22)27-23(29)8-9-24(30)26-18(2)19-10-12-25-13-11-19/h6-7,10-13,17-18H,3-5,8-9,14-16H2,1-2H3,(H,26,30). The zero-order valence-corrected chi connectivity index (χ0v) is 20.0. The van der Waals surface area contributed by atoms with E-state index in [2.05, 4.69) is 21.8 Å². The van der Waals surface area contributed by atoms with Crippen molar-refractivity contribution in [3.63, 3.8) is 0 Å². The molecule has 2 aromatic heterocycles. The van der Waals surface area contributed by atoms with E-state index >= 15 is 0 Å². The van der Waals surface area contributed by atoms with E-state index < -0.39 is 10.0 Å². The zero-order valence-electron chi connectivity index (χ0n) is 19.2. The molecule has 1 amide bonds. The summed E-state index contributed by atoms with van der Waals surface area (Å²) in [7, 11) is -3.50. The molecule has 176 valence electrons. The molecule has 1 atom stereocenters.